The summed E-state index contributed by atoms with van der Waals surface area (Å²) in [5.41, 5.74) is 0.720. The highest BCUT2D eigenvalue weighted by Gasteiger charge is 2.15. The van der Waals surface area contributed by atoms with Crippen LogP contribution in [0.25, 0.3) is 10.8 Å². The van der Waals surface area contributed by atoms with Gasteiger partial charge in [-0.05, 0) is 22.9 Å². The Morgan fingerprint density at radius 3 is 2.58 bits per heavy atom. The maximum Gasteiger partial charge on any atom is 0.274 e. The maximum atomic E-state index is 11.0. The average molecular weight is 322 g/mol. The van der Waals surface area contributed by atoms with Crippen molar-refractivity contribution in [2.45, 2.75) is 0 Å². The van der Waals surface area contributed by atoms with Crippen LogP contribution in [0.3, 0.4) is 0 Å². The van der Waals surface area contributed by atoms with Crippen LogP contribution in [0.5, 0.6) is 11.5 Å². The number of rotatable bonds is 4. The molecule has 0 saturated carbocycles. The molecule has 0 fully saturated rings. The number of aromatic hydroxyl groups is 1. The molecule has 0 atom stereocenters. The summed E-state index contributed by atoms with van der Waals surface area (Å²) in [6.07, 6.45) is 1.38. The summed E-state index contributed by atoms with van der Waals surface area (Å²) in [4.78, 5) is 14.7. The van der Waals surface area contributed by atoms with Crippen molar-refractivity contribution in [3.05, 3.63) is 70.3 Å². The highest BCUT2D eigenvalue weighted by Crippen LogP contribution is 2.34. The van der Waals surface area contributed by atoms with Gasteiger partial charge in [0.15, 0.2) is 11.5 Å². The zero-order valence-corrected chi connectivity index (χ0v) is 12.8. The van der Waals surface area contributed by atoms with Crippen molar-refractivity contribution in [1.82, 2.24) is 0 Å². The monoisotopic (exact) mass is 322 g/mol. The lowest BCUT2D eigenvalue weighted by Gasteiger charge is -2.06. The van der Waals surface area contributed by atoms with E-state index in [1.54, 1.807) is 0 Å². The van der Waals surface area contributed by atoms with Crippen LogP contribution in [0, 0.1) is 10.1 Å². The van der Waals surface area contributed by atoms with Gasteiger partial charge in [-0.3, -0.25) is 15.1 Å². The largest absolute Gasteiger partial charge is 0.504 e. The zero-order valence-electron chi connectivity index (χ0n) is 12.8. The fraction of sp³-hybridized carbons (Fsp3) is 0.0556. The van der Waals surface area contributed by atoms with Crippen LogP contribution in [-0.2, 0) is 0 Å². The molecule has 6 nitrogen and oxygen atoms in total. The summed E-state index contributed by atoms with van der Waals surface area (Å²) in [5.74, 6) is -0.156. The molecule has 0 spiro atoms. The van der Waals surface area contributed by atoms with E-state index in [9.17, 15) is 15.2 Å². The number of nitro groups is 1. The van der Waals surface area contributed by atoms with Gasteiger partial charge in [0.25, 0.3) is 5.69 Å². The lowest BCUT2D eigenvalue weighted by Crippen LogP contribution is -1.94. The number of hydrogen-bond acceptors (Lipinski definition) is 5. The van der Waals surface area contributed by atoms with Gasteiger partial charge in [0.05, 0.1) is 23.8 Å². The van der Waals surface area contributed by atoms with E-state index in [1.165, 1.54) is 25.5 Å². The molecular weight excluding hydrogens is 308 g/mol. The van der Waals surface area contributed by atoms with Crippen molar-refractivity contribution in [2.24, 2.45) is 4.99 Å². The molecule has 0 aliphatic rings. The topological polar surface area (TPSA) is 85.0 Å². The first kappa shape index (κ1) is 15.5. The van der Waals surface area contributed by atoms with E-state index < -0.39 is 4.92 Å². The number of non-ortho nitro benzene ring substituents is 1. The summed E-state index contributed by atoms with van der Waals surface area (Å²) >= 11 is 0. The van der Waals surface area contributed by atoms with Crippen LogP contribution in [0.15, 0.2) is 59.6 Å². The van der Waals surface area contributed by atoms with Crippen molar-refractivity contribution in [1.29, 1.82) is 0 Å². The number of ether oxygens (including phenoxy) is 1. The predicted octanol–water partition coefficient (Wildman–Crippen LogP) is 4.21. The van der Waals surface area contributed by atoms with Gasteiger partial charge in [-0.1, -0.05) is 30.3 Å². The molecule has 0 aliphatic carbocycles. The highest BCUT2D eigenvalue weighted by molar-refractivity contribution is 5.90. The zero-order chi connectivity index (χ0) is 17.1. The summed E-state index contributed by atoms with van der Waals surface area (Å²) in [7, 11) is 1.34. The summed E-state index contributed by atoms with van der Waals surface area (Å²) < 4.78 is 4.97. The van der Waals surface area contributed by atoms with Crippen molar-refractivity contribution < 1.29 is 14.8 Å². The molecule has 0 unspecified atom stereocenters. The lowest BCUT2D eigenvalue weighted by molar-refractivity contribution is -0.385. The second-order valence-corrected chi connectivity index (χ2v) is 5.13. The Bertz CT molecular complexity index is 951. The Hall–Kier alpha value is -3.41. The second-order valence-electron chi connectivity index (χ2n) is 5.13. The number of methoxy groups -OCH3 is 1. The van der Waals surface area contributed by atoms with Gasteiger partial charge in [-0.25, -0.2) is 0 Å². The minimum absolute atomic E-state index is 0.0316. The third-order valence-electron chi connectivity index (χ3n) is 3.61. The van der Waals surface area contributed by atoms with Gasteiger partial charge in [-0.2, -0.15) is 0 Å². The molecule has 120 valence electrons. The molecule has 0 saturated heterocycles. The van der Waals surface area contributed by atoms with E-state index in [4.69, 9.17) is 4.74 Å². The third-order valence-corrected chi connectivity index (χ3v) is 3.61. The number of nitro benzene ring substituents is 1. The molecule has 0 aliphatic heterocycles. The van der Waals surface area contributed by atoms with E-state index in [2.05, 4.69) is 4.99 Å². The molecule has 3 rings (SSSR count). The Balaban J connectivity index is 2.00. The number of fused-ring (bicyclic) bond motifs is 1. The van der Waals surface area contributed by atoms with Gasteiger partial charge in [-0.15, -0.1) is 0 Å². The molecule has 1 N–H and O–H groups in total. The van der Waals surface area contributed by atoms with Crippen LogP contribution in [0.2, 0.25) is 0 Å². The second kappa shape index (κ2) is 6.37. The van der Waals surface area contributed by atoms with E-state index in [-0.39, 0.29) is 22.7 Å². The molecule has 3 aromatic rings. The maximum absolute atomic E-state index is 11.0. The van der Waals surface area contributed by atoms with Crippen LogP contribution in [-0.4, -0.2) is 23.4 Å². The first-order chi connectivity index (χ1) is 11.6. The smallest absolute Gasteiger partial charge is 0.274 e. The van der Waals surface area contributed by atoms with Crippen molar-refractivity contribution in [2.75, 3.05) is 7.11 Å². The third kappa shape index (κ3) is 3.03. The fourth-order valence-corrected chi connectivity index (χ4v) is 2.37. The molecule has 24 heavy (non-hydrogen) atoms. The Kier molecular flexibility index (Phi) is 4.11. The molecule has 3 aromatic carbocycles. The fourth-order valence-electron chi connectivity index (χ4n) is 2.37. The first-order valence-corrected chi connectivity index (χ1v) is 7.17. The first-order valence-electron chi connectivity index (χ1n) is 7.17. The van der Waals surface area contributed by atoms with Gasteiger partial charge >= 0.3 is 0 Å². The van der Waals surface area contributed by atoms with Gasteiger partial charge in [0, 0.05) is 17.8 Å². The number of nitrogens with zero attached hydrogens (tertiary/aromatic N) is 2. The van der Waals surface area contributed by atoms with Crippen molar-refractivity contribution in [3.8, 4) is 11.5 Å². The van der Waals surface area contributed by atoms with Gasteiger partial charge in [0.2, 0.25) is 0 Å². The number of phenolic OH excluding ortho intramolecular Hbond substituents is 1. The van der Waals surface area contributed by atoms with E-state index in [0.29, 0.717) is 5.69 Å². The Morgan fingerprint density at radius 2 is 1.88 bits per heavy atom. The lowest BCUT2D eigenvalue weighted by atomic mass is 10.1. The summed E-state index contributed by atoms with van der Waals surface area (Å²) in [5, 5.41) is 23.2. The van der Waals surface area contributed by atoms with Crippen LogP contribution in [0.1, 0.15) is 5.56 Å². The van der Waals surface area contributed by atoms with Crippen LogP contribution in [0.4, 0.5) is 11.4 Å². The van der Waals surface area contributed by atoms with E-state index >= 15 is 0 Å². The number of hydrogen-bond donors (Lipinski definition) is 1. The molecule has 0 bridgehead atoms. The van der Waals surface area contributed by atoms with Gasteiger partial charge < -0.3 is 9.84 Å². The molecule has 6 heteroatoms. The molecule has 0 radical (unpaired) electrons. The quantitative estimate of drug-likeness (QED) is 0.443. The molecule has 0 amide bonds. The highest BCUT2D eigenvalue weighted by atomic mass is 16.6. The summed E-state index contributed by atoms with van der Waals surface area (Å²) in [6.45, 7) is 0. The standard InChI is InChI=1S/C18H14N2O4/c1-24-17-10-16(20(22)23)9-14(18(17)21)11-19-15-7-6-12-4-2-3-5-13(12)8-15/h2-11,21H,1H3. The normalized spacial score (nSPS) is 11.0. The number of aliphatic imine (C=N–C) groups is 1. The Morgan fingerprint density at radius 1 is 1.12 bits per heavy atom. The minimum Gasteiger partial charge on any atom is -0.504 e. The van der Waals surface area contributed by atoms with E-state index in [0.717, 1.165) is 10.8 Å². The van der Waals surface area contributed by atoms with Gasteiger partial charge in [0.1, 0.15) is 0 Å². The average Bonchev–Trinajstić information content (AvgIpc) is 2.60. The van der Waals surface area contributed by atoms with Crippen molar-refractivity contribution >= 4 is 28.4 Å². The molecule has 0 heterocycles. The SMILES string of the molecule is COc1cc([N+](=O)[O-])cc(C=Nc2ccc3ccccc3c2)c1O. The Labute approximate surface area is 137 Å². The minimum atomic E-state index is -0.546. The molecular formula is C18H14N2O4. The summed E-state index contributed by atoms with van der Waals surface area (Å²) in [6, 6.07) is 16.0. The molecule has 0 aromatic heterocycles. The van der Waals surface area contributed by atoms with Crippen LogP contribution < -0.4 is 4.74 Å². The van der Waals surface area contributed by atoms with E-state index in [1.807, 2.05) is 42.5 Å². The van der Waals surface area contributed by atoms with Crippen molar-refractivity contribution in [3.63, 3.8) is 0 Å². The number of benzene rings is 3. The van der Waals surface area contributed by atoms with Crippen LogP contribution >= 0.6 is 0 Å². The number of phenols is 1. The predicted molar refractivity (Wildman–Crippen MR) is 92.5 cm³/mol.